The van der Waals surface area contributed by atoms with Gasteiger partial charge in [-0.05, 0) is 12.1 Å². The molecule has 0 saturated carbocycles. The second-order valence-corrected chi connectivity index (χ2v) is 3.01. The first-order valence-corrected chi connectivity index (χ1v) is 4.56. The topological polar surface area (TPSA) is 122 Å². The Hall–Kier alpha value is -1.99. The van der Waals surface area contributed by atoms with Crippen LogP contribution in [-0.4, -0.2) is 29.3 Å². The van der Waals surface area contributed by atoms with Crippen molar-refractivity contribution >= 4 is 29.2 Å². The lowest BCUT2D eigenvalue weighted by Gasteiger charge is -2.04. The van der Waals surface area contributed by atoms with Crippen LogP contribution >= 0.6 is 11.6 Å². The van der Waals surface area contributed by atoms with E-state index < -0.39 is 11.9 Å². The minimum absolute atomic E-state index is 0.548. The lowest BCUT2D eigenvalue weighted by molar-refractivity contribution is -0.159. The van der Waals surface area contributed by atoms with E-state index in [1.807, 2.05) is 0 Å². The molecule has 0 unspecified atom stereocenters. The number of ether oxygens (including phenoxy) is 1. The molecule has 0 fully saturated rings. The zero-order valence-corrected chi connectivity index (χ0v) is 9.56. The Morgan fingerprint density at radius 3 is 2.18 bits per heavy atom. The SMILES string of the molecule is COc1ccc(NN)c(Cl)c1.O=C(O)C(=O)O. The average Bonchev–Trinajstić information content (AvgIpc) is 2.29. The molecule has 0 bridgehead atoms. The molecule has 0 amide bonds. The van der Waals surface area contributed by atoms with Gasteiger partial charge in [-0.2, -0.15) is 0 Å². The molecule has 0 radical (unpaired) electrons. The maximum absolute atomic E-state index is 9.10. The van der Waals surface area contributed by atoms with Gasteiger partial charge in [-0.3, -0.25) is 5.84 Å². The fourth-order valence-corrected chi connectivity index (χ4v) is 0.965. The molecule has 1 aromatic carbocycles. The number of nitrogen functional groups attached to an aromatic ring is 1. The second kappa shape index (κ2) is 7.31. The monoisotopic (exact) mass is 262 g/mol. The van der Waals surface area contributed by atoms with Gasteiger partial charge in [0.15, 0.2) is 0 Å². The van der Waals surface area contributed by atoms with Crippen molar-refractivity contribution in [1.29, 1.82) is 0 Å². The smallest absolute Gasteiger partial charge is 0.414 e. The van der Waals surface area contributed by atoms with E-state index in [0.29, 0.717) is 16.5 Å². The average molecular weight is 263 g/mol. The van der Waals surface area contributed by atoms with Crippen molar-refractivity contribution in [1.82, 2.24) is 0 Å². The van der Waals surface area contributed by atoms with E-state index in [4.69, 9.17) is 42.0 Å². The van der Waals surface area contributed by atoms with Gasteiger partial charge in [0.05, 0.1) is 17.8 Å². The standard InChI is InChI=1S/C7H9ClN2O.C2H2O4/c1-11-5-2-3-7(10-9)6(8)4-5;3-1(4)2(5)6/h2-4,10H,9H2,1H3;(H,3,4)(H,5,6). The van der Waals surface area contributed by atoms with Crippen LogP contribution in [0.3, 0.4) is 0 Å². The Bertz CT molecular complexity index is 398. The molecule has 1 aromatic rings. The number of aliphatic carboxylic acids is 2. The number of hydrazine groups is 1. The summed E-state index contributed by atoms with van der Waals surface area (Å²) in [5.74, 6) is 2.24. The van der Waals surface area contributed by atoms with Gasteiger partial charge in [-0.1, -0.05) is 11.6 Å². The number of hydrogen-bond donors (Lipinski definition) is 4. The molecule has 0 saturated heterocycles. The number of methoxy groups -OCH3 is 1. The molecule has 94 valence electrons. The summed E-state index contributed by atoms with van der Waals surface area (Å²) in [5, 5.41) is 15.3. The van der Waals surface area contributed by atoms with E-state index in [2.05, 4.69) is 5.43 Å². The third kappa shape index (κ3) is 5.59. The van der Waals surface area contributed by atoms with Gasteiger partial charge >= 0.3 is 11.9 Å². The number of carboxylic acids is 2. The molecular formula is C9H11ClN2O5. The number of benzene rings is 1. The van der Waals surface area contributed by atoms with E-state index in [1.165, 1.54) is 0 Å². The molecular weight excluding hydrogens is 252 g/mol. The molecule has 7 nitrogen and oxygen atoms in total. The second-order valence-electron chi connectivity index (χ2n) is 2.60. The highest BCUT2D eigenvalue weighted by molar-refractivity contribution is 6.33. The summed E-state index contributed by atoms with van der Waals surface area (Å²) in [6.45, 7) is 0. The van der Waals surface area contributed by atoms with Gasteiger partial charge in [0.1, 0.15) is 5.75 Å². The molecule has 1 rings (SSSR count). The Balaban J connectivity index is 0.000000366. The van der Waals surface area contributed by atoms with Crippen molar-refractivity contribution in [3.8, 4) is 5.75 Å². The van der Waals surface area contributed by atoms with Gasteiger partial charge in [0.2, 0.25) is 0 Å². The highest BCUT2D eigenvalue weighted by Gasteiger charge is 2.04. The third-order valence-corrected chi connectivity index (χ3v) is 1.83. The van der Waals surface area contributed by atoms with Gasteiger partial charge in [-0.15, -0.1) is 0 Å². The summed E-state index contributed by atoms with van der Waals surface area (Å²) in [7, 11) is 1.58. The maximum Gasteiger partial charge on any atom is 0.414 e. The Kier molecular flexibility index (Phi) is 6.46. The number of carboxylic acid groups (broad SMARTS) is 2. The normalized spacial score (nSPS) is 8.65. The van der Waals surface area contributed by atoms with Gasteiger partial charge < -0.3 is 20.4 Å². The van der Waals surface area contributed by atoms with Crippen molar-refractivity contribution in [3.63, 3.8) is 0 Å². The minimum Gasteiger partial charge on any atom is -0.497 e. The summed E-state index contributed by atoms with van der Waals surface area (Å²) in [6.07, 6.45) is 0. The highest BCUT2D eigenvalue weighted by Crippen LogP contribution is 2.25. The fourth-order valence-electron chi connectivity index (χ4n) is 0.740. The number of halogens is 1. The van der Waals surface area contributed by atoms with Crippen molar-refractivity contribution in [2.45, 2.75) is 0 Å². The predicted octanol–water partition coefficient (Wildman–Crippen LogP) is 0.790. The number of nitrogens with two attached hydrogens (primary N) is 1. The van der Waals surface area contributed by atoms with Crippen LogP contribution in [0.25, 0.3) is 0 Å². The summed E-state index contributed by atoms with van der Waals surface area (Å²) >= 11 is 5.79. The van der Waals surface area contributed by atoms with Crippen LogP contribution in [0.2, 0.25) is 5.02 Å². The number of rotatable bonds is 2. The number of nitrogens with one attached hydrogen (secondary N) is 1. The fraction of sp³-hybridized carbons (Fsp3) is 0.111. The van der Waals surface area contributed by atoms with Crippen LogP contribution in [-0.2, 0) is 9.59 Å². The molecule has 5 N–H and O–H groups in total. The molecule has 0 heterocycles. The molecule has 0 aromatic heterocycles. The van der Waals surface area contributed by atoms with Crippen molar-refractivity contribution < 1.29 is 24.5 Å². The summed E-state index contributed by atoms with van der Waals surface area (Å²) in [6, 6.07) is 5.22. The van der Waals surface area contributed by atoms with E-state index in [0.717, 1.165) is 0 Å². The summed E-state index contributed by atoms with van der Waals surface area (Å²) < 4.78 is 4.94. The summed E-state index contributed by atoms with van der Waals surface area (Å²) in [4.78, 5) is 18.2. The van der Waals surface area contributed by atoms with Gasteiger partial charge in [-0.25, -0.2) is 9.59 Å². The van der Waals surface area contributed by atoms with Crippen molar-refractivity contribution in [2.24, 2.45) is 5.84 Å². The Morgan fingerprint density at radius 2 is 1.88 bits per heavy atom. The number of hydrogen-bond acceptors (Lipinski definition) is 5. The first kappa shape index (κ1) is 15.0. The lowest BCUT2D eigenvalue weighted by Crippen LogP contribution is -2.09. The lowest BCUT2D eigenvalue weighted by atomic mass is 10.3. The van der Waals surface area contributed by atoms with E-state index in [9.17, 15) is 0 Å². The zero-order chi connectivity index (χ0) is 13.4. The van der Waals surface area contributed by atoms with Crippen LogP contribution in [0, 0.1) is 0 Å². The Labute approximate surface area is 102 Å². The molecule has 0 spiro atoms. The van der Waals surface area contributed by atoms with Crippen molar-refractivity contribution in [3.05, 3.63) is 23.2 Å². The van der Waals surface area contributed by atoms with Crippen LogP contribution < -0.4 is 16.0 Å². The van der Waals surface area contributed by atoms with Gasteiger partial charge in [0.25, 0.3) is 0 Å². The molecule has 0 aliphatic heterocycles. The number of anilines is 1. The first-order chi connectivity index (χ1) is 7.92. The van der Waals surface area contributed by atoms with E-state index >= 15 is 0 Å². The van der Waals surface area contributed by atoms with Crippen LogP contribution in [0.15, 0.2) is 18.2 Å². The van der Waals surface area contributed by atoms with E-state index in [-0.39, 0.29) is 0 Å². The van der Waals surface area contributed by atoms with Crippen molar-refractivity contribution in [2.75, 3.05) is 12.5 Å². The zero-order valence-electron chi connectivity index (χ0n) is 8.81. The molecule has 8 heteroatoms. The first-order valence-electron chi connectivity index (χ1n) is 4.18. The van der Waals surface area contributed by atoms with Crippen LogP contribution in [0.4, 0.5) is 5.69 Å². The molecule has 0 atom stereocenters. The highest BCUT2D eigenvalue weighted by atomic mass is 35.5. The maximum atomic E-state index is 9.10. The molecule has 17 heavy (non-hydrogen) atoms. The molecule has 0 aliphatic rings. The Morgan fingerprint density at radius 1 is 1.35 bits per heavy atom. The third-order valence-electron chi connectivity index (χ3n) is 1.51. The van der Waals surface area contributed by atoms with Crippen LogP contribution in [0.1, 0.15) is 0 Å². The number of carbonyl (C=O) groups is 2. The molecule has 0 aliphatic carbocycles. The summed E-state index contributed by atoms with van der Waals surface area (Å²) in [5.41, 5.74) is 3.15. The van der Waals surface area contributed by atoms with E-state index in [1.54, 1.807) is 25.3 Å². The van der Waals surface area contributed by atoms with Gasteiger partial charge in [0, 0.05) is 6.07 Å². The quantitative estimate of drug-likeness (QED) is 0.353. The minimum atomic E-state index is -1.82. The van der Waals surface area contributed by atoms with Crippen LogP contribution in [0.5, 0.6) is 5.75 Å². The largest absolute Gasteiger partial charge is 0.497 e. The predicted molar refractivity (Wildman–Crippen MR) is 61.1 cm³/mol.